The van der Waals surface area contributed by atoms with E-state index in [9.17, 15) is 5.11 Å². The van der Waals surface area contributed by atoms with E-state index in [1.54, 1.807) is 13.1 Å². The van der Waals surface area contributed by atoms with Crippen LogP contribution < -0.4 is 4.74 Å². The molecule has 6 heteroatoms. The van der Waals surface area contributed by atoms with E-state index in [1.807, 2.05) is 53.2 Å². The third-order valence-corrected chi connectivity index (χ3v) is 3.93. The van der Waals surface area contributed by atoms with Gasteiger partial charge < -0.3 is 18.9 Å². The Balaban J connectivity index is 1.61. The normalized spacial score (nSPS) is 12.8. The van der Waals surface area contributed by atoms with E-state index in [0.717, 1.165) is 17.0 Å². The second-order valence-corrected chi connectivity index (χ2v) is 6.92. The van der Waals surface area contributed by atoms with E-state index in [4.69, 9.17) is 9.26 Å². The number of aromatic nitrogens is 3. The molecule has 3 aromatic rings. The summed E-state index contributed by atoms with van der Waals surface area (Å²) in [5.41, 5.74) is 1.82. The molecule has 1 unspecified atom stereocenters. The van der Waals surface area contributed by atoms with Crippen molar-refractivity contribution in [2.45, 2.75) is 33.4 Å². The first kappa shape index (κ1) is 18.9. The van der Waals surface area contributed by atoms with Gasteiger partial charge >= 0.3 is 0 Å². The third-order valence-electron chi connectivity index (χ3n) is 3.93. The van der Waals surface area contributed by atoms with Crippen molar-refractivity contribution in [2.24, 2.45) is 5.92 Å². The van der Waals surface area contributed by atoms with Gasteiger partial charge in [0.1, 0.15) is 23.4 Å². The highest BCUT2D eigenvalue weighted by atomic mass is 16.5. The summed E-state index contributed by atoms with van der Waals surface area (Å²) in [6.45, 7) is 7.15. The van der Waals surface area contributed by atoms with Gasteiger partial charge in [-0.25, -0.2) is 4.98 Å². The van der Waals surface area contributed by atoms with Crippen LogP contribution in [-0.2, 0) is 6.54 Å². The highest BCUT2D eigenvalue weighted by Crippen LogP contribution is 2.17. The topological polar surface area (TPSA) is 73.3 Å². The molecule has 1 aromatic carbocycles. The van der Waals surface area contributed by atoms with Crippen LogP contribution in [0.4, 0.5) is 0 Å². The van der Waals surface area contributed by atoms with Crippen molar-refractivity contribution in [1.82, 2.24) is 14.7 Å². The molecular formula is C21H25N3O3. The minimum absolute atomic E-state index is 0.499. The van der Waals surface area contributed by atoms with Crippen LogP contribution in [-0.4, -0.2) is 26.4 Å². The Labute approximate surface area is 159 Å². The molecule has 0 amide bonds. The fourth-order valence-electron chi connectivity index (χ4n) is 2.59. The Hall–Kier alpha value is -2.86. The van der Waals surface area contributed by atoms with Crippen molar-refractivity contribution < 1.29 is 14.4 Å². The number of ether oxygens (including phenoxy) is 1. The molecule has 0 saturated heterocycles. The second-order valence-electron chi connectivity index (χ2n) is 6.92. The zero-order valence-electron chi connectivity index (χ0n) is 15.9. The maximum absolute atomic E-state index is 9.72. The first-order valence-corrected chi connectivity index (χ1v) is 9.07. The molecule has 142 valence electrons. The number of imidazole rings is 1. The van der Waals surface area contributed by atoms with Gasteiger partial charge in [0.2, 0.25) is 0 Å². The summed E-state index contributed by atoms with van der Waals surface area (Å²) in [6, 6.07) is 9.81. The Morgan fingerprint density at radius 3 is 2.67 bits per heavy atom. The monoisotopic (exact) mass is 367 g/mol. The Morgan fingerprint density at radius 1 is 1.19 bits per heavy atom. The molecule has 2 aromatic heterocycles. The van der Waals surface area contributed by atoms with Gasteiger partial charge in [0.05, 0.1) is 13.2 Å². The van der Waals surface area contributed by atoms with Gasteiger partial charge in [-0.1, -0.05) is 37.2 Å². The van der Waals surface area contributed by atoms with Gasteiger partial charge in [-0.05, 0) is 36.6 Å². The van der Waals surface area contributed by atoms with Crippen molar-refractivity contribution in [3.05, 3.63) is 65.6 Å². The van der Waals surface area contributed by atoms with Crippen LogP contribution in [0.2, 0.25) is 0 Å². The first-order chi connectivity index (χ1) is 13.0. The Kier molecular flexibility index (Phi) is 6.08. The van der Waals surface area contributed by atoms with Gasteiger partial charge in [-0.2, -0.15) is 0 Å². The molecule has 6 nitrogen and oxygen atoms in total. The van der Waals surface area contributed by atoms with E-state index in [1.165, 1.54) is 0 Å². The molecule has 0 aliphatic carbocycles. The van der Waals surface area contributed by atoms with Gasteiger partial charge in [0.15, 0.2) is 5.76 Å². The van der Waals surface area contributed by atoms with Gasteiger partial charge in [-0.15, -0.1) is 0 Å². The highest BCUT2D eigenvalue weighted by Gasteiger charge is 2.10. The average molecular weight is 367 g/mol. The maximum atomic E-state index is 9.72. The zero-order chi connectivity index (χ0) is 19.2. The number of hydrogen-bond donors (Lipinski definition) is 1. The SMILES string of the molecule is CC(C)COc1ccc(C=Cc2cc(Cn3ccnc3C(C)O)no2)cc1. The summed E-state index contributed by atoms with van der Waals surface area (Å²) in [4.78, 5) is 4.15. The molecule has 2 heterocycles. The fraction of sp³-hybridized carbons (Fsp3) is 0.333. The number of aliphatic hydroxyl groups is 1. The van der Waals surface area contributed by atoms with E-state index < -0.39 is 6.10 Å². The molecule has 0 radical (unpaired) electrons. The maximum Gasteiger partial charge on any atom is 0.160 e. The minimum Gasteiger partial charge on any atom is -0.493 e. The third kappa shape index (κ3) is 5.31. The van der Waals surface area contributed by atoms with E-state index in [2.05, 4.69) is 24.0 Å². The van der Waals surface area contributed by atoms with E-state index in [-0.39, 0.29) is 0 Å². The quantitative estimate of drug-likeness (QED) is 0.647. The average Bonchev–Trinajstić information content (AvgIpc) is 3.29. The number of aliphatic hydroxyl groups excluding tert-OH is 1. The first-order valence-electron chi connectivity index (χ1n) is 9.07. The number of rotatable bonds is 8. The molecule has 0 fully saturated rings. The van der Waals surface area contributed by atoms with Crippen molar-refractivity contribution in [1.29, 1.82) is 0 Å². The highest BCUT2D eigenvalue weighted by molar-refractivity contribution is 5.67. The van der Waals surface area contributed by atoms with Crippen LogP contribution in [0.25, 0.3) is 12.2 Å². The molecule has 0 aliphatic heterocycles. The standard InChI is InChI=1S/C21H25N3O3/c1-15(2)14-26-19-7-4-17(5-8-19)6-9-20-12-18(23-27-20)13-24-11-10-22-21(24)16(3)25/h4-12,15-16,25H,13-14H2,1-3H3. The fourth-order valence-corrected chi connectivity index (χ4v) is 2.59. The predicted molar refractivity (Wildman–Crippen MR) is 104 cm³/mol. The summed E-state index contributed by atoms with van der Waals surface area (Å²) in [5, 5.41) is 13.8. The summed E-state index contributed by atoms with van der Waals surface area (Å²) in [6.07, 6.45) is 6.70. The number of hydrogen-bond acceptors (Lipinski definition) is 5. The summed E-state index contributed by atoms with van der Waals surface area (Å²) in [7, 11) is 0. The molecular weight excluding hydrogens is 342 g/mol. The van der Waals surface area contributed by atoms with Crippen LogP contribution in [0.5, 0.6) is 5.75 Å². The van der Waals surface area contributed by atoms with Crippen molar-refractivity contribution in [3.8, 4) is 5.75 Å². The van der Waals surface area contributed by atoms with Crippen LogP contribution >= 0.6 is 0 Å². The molecule has 1 atom stereocenters. The lowest BCUT2D eigenvalue weighted by molar-refractivity contribution is 0.184. The van der Waals surface area contributed by atoms with Crippen molar-refractivity contribution in [2.75, 3.05) is 6.61 Å². The van der Waals surface area contributed by atoms with Gasteiger partial charge in [0, 0.05) is 18.5 Å². The molecule has 0 spiro atoms. The Morgan fingerprint density at radius 2 is 1.96 bits per heavy atom. The molecule has 0 aliphatic rings. The van der Waals surface area contributed by atoms with Gasteiger partial charge in [-0.3, -0.25) is 0 Å². The lowest BCUT2D eigenvalue weighted by Gasteiger charge is -2.08. The summed E-state index contributed by atoms with van der Waals surface area (Å²) >= 11 is 0. The molecule has 1 N–H and O–H groups in total. The number of nitrogens with zero attached hydrogens (tertiary/aromatic N) is 3. The van der Waals surface area contributed by atoms with Crippen LogP contribution in [0, 0.1) is 5.92 Å². The summed E-state index contributed by atoms with van der Waals surface area (Å²) in [5.74, 6) is 2.65. The van der Waals surface area contributed by atoms with Gasteiger partial charge in [0.25, 0.3) is 0 Å². The van der Waals surface area contributed by atoms with Crippen LogP contribution in [0.1, 0.15) is 49.7 Å². The zero-order valence-corrected chi connectivity index (χ0v) is 15.9. The lowest BCUT2D eigenvalue weighted by atomic mass is 10.2. The van der Waals surface area contributed by atoms with Crippen molar-refractivity contribution in [3.63, 3.8) is 0 Å². The van der Waals surface area contributed by atoms with E-state index >= 15 is 0 Å². The van der Waals surface area contributed by atoms with E-state index in [0.29, 0.717) is 30.7 Å². The lowest BCUT2D eigenvalue weighted by Crippen LogP contribution is -2.07. The predicted octanol–water partition coefficient (Wildman–Crippen LogP) is 4.18. The second kappa shape index (κ2) is 8.68. The van der Waals surface area contributed by atoms with Crippen molar-refractivity contribution >= 4 is 12.2 Å². The molecule has 0 saturated carbocycles. The number of benzene rings is 1. The smallest absolute Gasteiger partial charge is 0.160 e. The molecule has 3 rings (SSSR count). The van der Waals surface area contributed by atoms with Crippen LogP contribution in [0.15, 0.2) is 47.2 Å². The molecule has 27 heavy (non-hydrogen) atoms. The largest absolute Gasteiger partial charge is 0.493 e. The Bertz CT molecular complexity index is 876. The summed E-state index contributed by atoms with van der Waals surface area (Å²) < 4.78 is 12.9. The minimum atomic E-state index is -0.626. The van der Waals surface area contributed by atoms with Crippen LogP contribution in [0.3, 0.4) is 0 Å². The molecule has 0 bridgehead atoms.